The molecule has 0 aliphatic carbocycles. The first kappa shape index (κ1) is 19.6. The van der Waals surface area contributed by atoms with Gasteiger partial charge in [0.1, 0.15) is 5.75 Å². The normalized spacial score (nSPS) is 10.8. The molecule has 7 heteroatoms. The molecule has 0 saturated heterocycles. The summed E-state index contributed by atoms with van der Waals surface area (Å²) in [5.41, 5.74) is 1.66. The van der Waals surface area contributed by atoms with E-state index < -0.39 is 0 Å². The number of ether oxygens (including phenoxy) is 1. The molecular weight excluding hydrogens is 426 g/mol. The lowest BCUT2D eigenvalue weighted by Gasteiger charge is -2.08. The molecule has 0 aliphatic heterocycles. The highest BCUT2D eigenvalue weighted by Crippen LogP contribution is 2.30. The SMILES string of the molecule is COc1ccccc1-c1nnc(SCCCC(=O)c2ccc(Br)cc2)n1C. The minimum atomic E-state index is 0.163. The molecule has 0 aliphatic rings. The molecule has 0 atom stereocenters. The molecule has 1 heterocycles. The van der Waals surface area contributed by atoms with Crippen LogP contribution in [0.1, 0.15) is 23.2 Å². The number of hydrogen-bond donors (Lipinski definition) is 0. The molecule has 5 nitrogen and oxygen atoms in total. The Bertz CT molecular complexity index is 925. The van der Waals surface area contributed by atoms with Gasteiger partial charge in [-0.05, 0) is 30.7 Å². The van der Waals surface area contributed by atoms with Gasteiger partial charge in [0.15, 0.2) is 16.8 Å². The van der Waals surface area contributed by atoms with E-state index in [1.165, 1.54) is 0 Å². The fraction of sp³-hybridized carbons (Fsp3) is 0.250. The quantitative estimate of drug-likeness (QED) is 0.277. The summed E-state index contributed by atoms with van der Waals surface area (Å²) in [5, 5.41) is 9.41. The van der Waals surface area contributed by atoms with Gasteiger partial charge in [-0.3, -0.25) is 4.79 Å². The highest BCUT2D eigenvalue weighted by atomic mass is 79.9. The number of hydrogen-bond acceptors (Lipinski definition) is 5. The van der Waals surface area contributed by atoms with Crippen molar-refractivity contribution in [3.63, 3.8) is 0 Å². The second-order valence-corrected chi connectivity index (χ2v) is 7.93. The standard InChI is InChI=1S/C20H20BrN3O2S/c1-24-19(16-6-3-4-8-18(16)26-2)22-23-20(24)27-13-5-7-17(25)14-9-11-15(21)12-10-14/h3-4,6,8-12H,5,7,13H2,1-2H3. The predicted molar refractivity (Wildman–Crippen MR) is 111 cm³/mol. The van der Waals surface area contributed by atoms with Gasteiger partial charge in [-0.25, -0.2) is 0 Å². The van der Waals surface area contributed by atoms with Crippen molar-refractivity contribution >= 4 is 33.5 Å². The Labute approximate surface area is 171 Å². The lowest BCUT2D eigenvalue weighted by Crippen LogP contribution is -2.00. The van der Waals surface area contributed by atoms with Crippen molar-refractivity contribution in [3.05, 3.63) is 58.6 Å². The molecule has 2 aromatic carbocycles. The number of methoxy groups -OCH3 is 1. The Morgan fingerprint density at radius 3 is 2.63 bits per heavy atom. The van der Waals surface area contributed by atoms with Gasteiger partial charge in [0.05, 0.1) is 12.7 Å². The van der Waals surface area contributed by atoms with Gasteiger partial charge < -0.3 is 9.30 Å². The van der Waals surface area contributed by atoms with Crippen molar-refractivity contribution in [2.24, 2.45) is 7.05 Å². The van der Waals surface area contributed by atoms with E-state index >= 15 is 0 Å². The Morgan fingerprint density at radius 1 is 1.15 bits per heavy atom. The number of aromatic nitrogens is 3. The molecule has 140 valence electrons. The Morgan fingerprint density at radius 2 is 1.89 bits per heavy atom. The van der Waals surface area contributed by atoms with E-state index in [1.807, 2.05) is 60.1 Å². The summed E-state index contributed by atoms with van der Waals surface area (Å²) in [5.74, 6) is 2.50. The van der Waals surface area contributed by atoms with Crippen LogP contribution < -0.4 is 4.74 Å². The zero-order valence-electron chi connectivity index (χ0n) is 15.2. The van der Waals surface area contributed by atoms with Gasteiger partial charge in [-0.2, -0.15) is 0 Å². The Balaban J connectivity index is 1.57. The molecule has 0 amide bonds. The van der Waals surface area contributed by atoms with Crippen LogP contribution in [-0.2, 0) is 7.05 Å². The van der Waals surface area contributed by atoms with E-state index in [0.29, 0.717) is 6.42 Å². The van der Waals surface area contributed by atoms with Crippen LogP contribution in [-0.4, -0.2) is 33.4 Å². The highest BCUT2D eigenvalue weighted by Gasteiger charge is 2.15. The van der Waals surface area contributed by atoms with Crippen LogP contribution in [0.2, 0.25) is 0 Å². The second-order valence-electron chi connectivity index (χ2n) is 5.95. The molecule has 3 aromatic rings. The summed E-state index contributed by atoms with van der Waals surface area (Å²) in [4.78, 5) is 12.2. The topological polar surface area (TPSA) is 57.0 Å². The van der Waals surface area contributed by atoms with Crippen molar-refractivity contribution < 1.29 is 9.53 Å². The third-order valence-corrected chi connectivity index (χ3v) is 5.76. The summed E-state index contributed by atoms with van der Waals surface area (Å²) in [7, 11) is 3.59. The molecule has 3 rings (SSSR count). The minimum absolute atomic E-state index is 0.163. The van der Waals surface area contributed by atoms with Crippen LogP contribution in [0.3, 0.4) is 0 Å². The molecule has 0 spiro atoms. The first-order valence-electron chi connectivity index (χ1n) is 8.54. The van der Waals surface area contributed by atoms with E-state index in [-0.39, 0.29) is 5.78 Å². The maximum absolute atomic E-state index is 12.2. The number of benzene rings is 2. The predicted octanol–water partition coefficient (Wildman–Crippen LogP) is 5.01. The summed E-state index contributed by atoms with van der Waals surface area (Å²) in [6.45, 7) is 0. The number of ketones is 1. The third kappa shape index (κ3) is 4.78. The zero-order chi connectivity index (χ0) is 19.2. The maximum atomic E-state index is 12.2. The van der Waals surface area contributed by atoms with Gasteiger partial charge >= 0.3 is 0 Å². The van der Waals surface area contributed by atoms with Crippen LogP contribution in [0.4, 0.5) is 0 Å². The summed E-state index contributed by atoms with van der Waals surface area (Å²) in [6.07, 6.45) is 1.31. The van der Waals surface area contributed by atoms with Crippen LogP contribution in [0.25, 0.3) is 11.4 Å². The van der Waals surface area contributed by atoms with Gasteiger partial charge in [0.25, 0.3) is 0 Å². The lowest BCUT2D eigenvalue weighted by atomic mass is 10.1. The van der Waals surface area contributed by atoms with Gasteiger partial charge in [0, 0.05) is 29.3 Å². The van der Waals surface area contributed by atoms with E-state index in [0.717, 1.165) is 44.5 Å². The Hall–Kier alpha value is -2.12. The monoisotopic (exact) mass is 445 g/mol. The van der Waals surface area contributed by atoms with E-state index in [1.54, 1.807) is 18.9 Å². The smallest absolute Gasteiger partial charge is 0.191 e. The summed E-state index contributed by atoms with van der Waals surface area (Å²) in [6, 6.07) is 15.2. The van der Waals surface area contributed by atoms with Gasteiger partial charge in [-0.1, -0.05) is 52.0 Å². The van der Waals surface area contributed by atoms with Gasteiger partial charge in [0.2, 0.25) is 0 Å². The van der Waals surface area contributed by atoms with E-state index in [9.17, 15) is 4.79 Å². The van der Waals surface area contributed by atoms with Crippen LogP contribution in [0, 0.1) is 0 Å². The fourth-order valence-corrected chi connectivity index (χ4v) is 3.80. The first-order valence-corrected chi connectivity index (χ1v) is 10.3. The molecule has 0 bridgehead atoms. The molecule has 27 heavy (non-hydrogen) atoms. The fourth-order valence-electron chi connectivity index (χ4n) is 2.68. The summed E-state index contributed by atoms with van der Waals surface area (Å²) >= 11 is 4.99. The number of thioether (sulfide) groups is 1. The average molecular weight is 446 g/mol. The molecule has 1 aromatic heterocycles. The number of carbonyl (C=O) groups excluding carboxylic acids is 1. The number of nitrogens with zero attached hydrogens (tertiary/aromatic N) is 3. The van der Waals surface area contributed by atoms with Crippen molar-refractivity contribution in [3.8, 4) is 17.1 Å². The van der Waals surface area contributed by atoms with Crippen LogP contribution in [0.15, 0.2) is 58.2 Å². The third-order valence-electron chi connectivity index (χ3n) is 4.13. The number of halogens is 1. The minimum Gasteiger partial charge on any atom is -0.496 e. The number of carbonyl (C=O) groups is 1. The van der Waals surface area contributed by atoms with Crippen molar-refractivity contribution in [1.82, 2.24) is 14.8 Å². The Kier molecular flexibility index (Phi) is 6.68. The van der Waals surface area contributed by atoms with Crippen LogP contribution >= 0.6 is 27.7 Å². The largest absolute Gasteiger partial charge is 0.496 e. The molecule has 0 N–H and O–H groups in total. The van der Waals surface area contributed by atoms with Gasteiger partial charge in [-0.15, -0.1) is 10.2 Å². The lowest BCUT2D eigenvalue weighted by molar-refractivity contribution is 0.0982. The molecule has 0 radical (unpaired) electrons. The molecule has 0 saturated carbocycles. The number of rotatable bonds is 8. The van der Waals surface area contributed by atoms with Crippen molar-refractivity contribution in [2.45, 2.75) is 18.0 Å². The second kappa shape index (κ2) is 9.19. The zero-order valence-corrected chi connectivity index (χ0v) is 17.6. The van der Waals surface area contributed by atoms with Crippen molar-refractivity contribution in [2.75, 3.05) is 12.9 Å². The molecular formula is C20H20BrN3O2S. The van der Waals surface area contributed by atoms with E-state index in [4.69, 9.17) is 4.74 Å². The highest BCUT2D eigenvalue weighted by molar-refractivity contribution is 9.10. The van der Waals surface area contributed by atoms with Crippen LogP contribution in [0.5, 0.6) is 5.75 Å². The number of Topliss-reactive ketones (excluding diaryl/α,β-unsaturated/α-hetero) is 1. The maximum Gasteiger partial charge on any atom is 0.191 e. The number of para-hydroxylation sites is 1. The first-order chi connectivity index (χ1) is 13.1. The van der Waals surface area contributed by atoms with E-state index in [2.05, 4.69) is 26.1 Å². The van der Waals surface area contributed by atoms with Crippen molar-refractivity contribution in [1.29, 1.82) is 0 Å². The summed E-state index contributed by atoms with van der Waals surface area (Å²) < 4.78 is 8.34. The molecule has 0 unspecified atom stereocenters. The average Bonchev–Trinajstić information content (AvgIpc) is 3.06. The molecule has 0 fully saturated rings.